The number of rotatable bonds is 20. The summed E-state index contributed by atoms with van der Waals surface area (Å²) in [4.78, 5) is 83.0. The molecule has 416 valence electrons. The molecule has 0 spiro atoms. The van der Waals surface area contributed by atoms with Crippen molar-refractivity contribution in [2.45, 2.75) is 95.2 Å². The standard InChI is InChI=1S/C48H49FIN7O20S/c1-3-48(75-35(60)20-58)28-14-31-37-26(19-57(31)44(65)27(28)21-72-47(48)68)24-5-4-6-25-36(24)30(52-37)15-29(49)41(25)77-78(69,70)76-33-13-22(7-8-32(33)73-46-40(63)38(61)39(62)42(74-46)45(66)67)43(64)55(2)9-11-71-12-10-56-18-23(53-54-56)17-51-34(59)16-50/h7-8,13-15,18,38-40,42,46,58,61-63H,3-6,9-12,16-17,19-21H2,1-2H3,(H,51,59)(H,66,67)/t38-,39-,40+,42-,46?,48-/m0/s1. The Bertz CT molecular complexity index is 3430. The van der Waals surface area contributed by atoms with Crippen LogP contribution in [0, 0.1) is 5.82 Å². The van der Waals surface area contributed by atoms with Crippen molar-refractivity contribution in [2.24, 2.45) is 0 Å². The molecule has 1 saturated heterocycles. The molecule has 0 saturated carbocycles. The third-order valence-corrected chi connectivity index (χ3v) is 15.0. The largest absolute Gasteiger partial charge is 0.501 e. The summed E-state index contributed by atoms with van der Waals surface area (Å²) in [5.41, 5.74) is -0.626. The molecule has 0 radical (unpaired) electrons. The molecule has 30 heteroatoms. The minimum absolute atomic E-state index is 0.00553. The zero-order valence-electron chi connectivity index (χ0n) is 41.3. The van der Waals surface area contributed by atoms with Gasteiger partial charge < -0.3 is 72.4 Å². The van der Waals surface area contributed by atoms with Gasteiger partial charge >= 0.3 is 28.3 Å². The van der Waals surface area contributed by atoms with Crippen LogP contribution in [0.25, 0.3) is 22.3 Å². The van der Waals surface area contributed by atoms with E-state index in [1.54, 1.807) is 6.20 Å². The number of benzene rings is 2. The summed E-state index contributed by atoms with van der Waals surface area (Å²) >= 11 is 1.93. The lowest BCUT2D eigenvalue weighted by molar-refractivity contribution is -0.271. The summed E-state index contributed by atoms with van der Waals surface area (Å²) in [7, 11) is -4.06. The third kappa shape index (κ3) is 10.7. The Morgan fingerprint density at radius 1 is 1.00 bits per heavy atom. The second-order valence-electron chi connectivity index (χ2n) is 18.3. The van der Waals surface area contributed by atoms with Crippen LogP contribution in [0.4, 0.5) is 4.39 Å². The number of carboxylic acid groups (broad SMARTS) is 1. The van der Waals surface area contributed by atoms with Crippen molar-refractivity contribution in [1.82, 2.24) is 34.8 Å². The molecule has 1 unspecified atom stereocenters. The van der Waals surface area contributed by atoms with Crippen LogP contribution in [0.3, 0.4) is 0 Å². The van der Waals surface area contributed by atoms with Gasteiger partial charge in [-0.3, -0.25) is 14.4 Å². The van der Waals surface area contributed by atoms with Gasteiger partial charge in [0.25, 0.3) is 11.5 Å². The van der Waals surface area contributed by atoms with E-state index in [-0.39, 0.29) is 102 Å². The molecule has 6 atom stereocenters. The lowest BCUT2D eigenvalue weighted by atomic mass is 9.85. The molecule has 1 aliphatic carbocycles. The van der Waals surface area contributed by atoms with E-state index in [9.17, 15) is 62.7 Å². The number of carbonyl (C=O) groups excluding carboxylic acids is 4. The topological polar surface area (TPSA) is 366 Å². The summed E-state index contributed by atoms with van der Waals surface area (Å²) in [6, 6.07) is 5.48. The number of aromatic nitrogens is 5. The van der Waals surface area contributed by atoms with E-state index in [0.29, 0.717) is 35.0 Å². The maximum atomic E-state index is 16.5. The Morgan fingerprint density at radius 2 is 1.77 bits per heavy atom. The molecule has 1 fully saturated rings. The average molecular weight is 1220 g/mol. The summed E-state index contributed by atoms with van der Waals surface area (Å²) in [6.45, 7) is 0.641. The number of fused-ring (bicyclic) bond motifs is 5. The van der Waals surface area contributed by atoms with E-state index in [1.165, 1.54) is 34.2 Å². The number of ether oxygens (including phenoxy) is 5. The molecule has 3 aromatic heterocycles. The number of aryl methyl sites for hydroxylation is 2. The molecule has 5 aromatic rings. The number of nitrogens with one attached hydrogen (secondary N) is 1. The van der Waals surface area contributed by atoms with Crippen molar-refractivity contribution in [3.05, 3.63) is 91.8 Å². The number of amides is 2. The van der Waals surface area contributed by atoms with Crippen molar-refractivity contribution >= 4 is 73.6 Å². The molecule has 6 N–H and O–H groups in total. The fourth-order valence-corrected chi connectivity index (χ4v) is 10.7. The molecule has 78 heavy (non-hydrogen) atoms. The number of aliphatic hydroxyl groups is 4. The number of cyclic esters (lactones) is 1. The molecule has 27 nitrogen and oxygen atoms in total. The van der Waals surface area contributed by atoms with Gasteiger partial charge in [-0.1, -0.05) is 34.7 Å². The Balaban J connectivity index is 0.986. The number of hydrogen-bond donors (Lipinski definition) is 6. The quantitative estimate of drug-likeness (QED) is 0.0246. The molecule has 4 aliphatic rings. The monoisotopic (exact) mass is 1220 g/mol. The predicted octanol–water partition coefficient (Wildman–Crippen LogP) is -0.344. The number of likely N-dealkylation sites (N-methyl/N-ethyl adjacent to an activating group) is 1. The van der Waals surface area contributed by atoms with Gasteiger partial charge in [0.15, 0.2) is 29.2 Å². The van der Waals surface area contributed by atoms with Crippen molar-refractivity contribution in [3.8, 4) is 28.6 Å². The van der Waals surface area contributed by atoms with Gasteiger partial charge in [0.05, 0.1) is 65.9 Å². The van der Waals surface area contributed by atoms with E-state index in [1.807, 2.05) is 22.6 Å². The number of aliphatic carboxylic acids is 1. The van der Waals surface area contributed by atoms with Crippen LogP contribution < -0.4 is 24.0 Å². The van der Waals surface area contributed by atoms with Crippen LogP contribution in [0.5, 0.6) is 17.2 Å². The fourth-order valence-electron chi connectivity index (χ4n) is 9.66. The van der Waals surface area contributed by atoms with E-state index in [4.69, 9.17) is 37.0 Å². The van der Waals surface area contributed by atoms with Crippen molar-refractivity contribution < 1.29 is 94.4 Å². The van der Waals surface area contributed by atoms with E-state index in [0.717, 1.165) is 24.3 Å². The highest BCUT2D eigenvalue weighted by atomic mass is 127. The lowest BCUT2D eigenvalue weighted by Crippen LogP contribution is -2.61. The number of pyridine rings is 2. The van der Waals surface area contributed by atoms with Crippen LogP contribution in [-0.2, 0) is 93.2 Å². The number of halogens is 2. The number of esters is 2. The second kappa shape index (κ2) is 22.4. The van der Waals surface area contributed by atoms with E-state index < -0.39 is 112 Å². The first kappa shape index (κ1) is 55.8. The number of alkyl halides is 1. The molecule has 2 aromatic carbocycles. The van der Waals surface area contributed by atoms with Gasteiger partial charge in [0, 0.05) is 47.3 Å². The fraction of sp³-hybridized carbons (Fsp3) is 0.438. The Morgan fingerprint density at radius 3 is 2.50 bits per heavy atom. The zero-order valence-corrected chi connectivity index (χ0v) is 44.2. The Kier molecular flexibility index (Phi) is 16.0. The molecule has 0 bridgehead atoms. The molecular formula is C48H49FIN7O20S. The molecule has 2 amide bonds. The van der Waals surface area contributed by atoms with Crippen LogP contribution in [0.2, 0.25) is 0 Å². The van der Waals surface area contributed by atoms with E-state index in [2.05, 4.69) is 15.6 Å². The predicted molar refractivity (Wildman–Crippen MR) is 268 cm³/mol. The molecular weight excluding hydrogens is 1170 g/mol. The number of hydrogen-bond acceptors (Lipinski definition) is 22. The van der Waals surface area contributed by atoms with Gasteiger partial charge in [-0.25, -0.2) is 28.4 Å². The van der Waals surface area contributed by atoms with Crippen molar-refractivity contribution in [2.75, 3.05) is 37.8 Å². The summed E-state index contributed by atoms with van der Waals surface area (Å²) in [5.74, 6) is -8.15. The molecule has 6 heterocycles. The van der Waals surface area contributed by atoms with Gasteiger partial charge in [0.2, 0.25) is 17.8 Å². The first-order chi connectivity index (χ1) is 37.2. The minimum atomic E-state index is -5.47. The van der Waals surface area contributed by atoms with Crippen LogP contribution in [0.1, 0.15) is 63.6 Å². The van der Waals surface area contributed by atoms with Crippen molar-refractivity contribution in [1.29, 1.82) is 0 Å². The third-order valence-electron chi connectivity index (χ3n) is 13.5. The Hall–Kier alpha value is -6.94. The number of aliphatic hydroxyl groups excluding tert-OH is 4. The summed E-state index contributed by atoms with van der Waals surface area (Å²) in [5, 5.41) is 61.6. The highest BCUT2D eigenvalue weighted by molar-refractivity contribution is 14.1. The normalized spacial score (nSPS) is 21.2. The lowest BCUT2D eigenvalue weighted by Gasteiger charge is -2.38. The highest BCUT2D eigenvalue weighted by Gasteiger charge is 2.51. The minimum Gasteiger partial charge on any atom is -0.479 e. The molecule has 9 rings (SSSR count). The number of nitrogens with zero attached hydrogens (tertiary/aromatic N) is 6. The smallest absolute Gasteiger partial charge is 0.479 e. The number of carboxylic acids is 1. The summed E-state index contributed by atoms with van der Waals surface area (Å²) in [6.07, 6.45) is -8.37. The number of carbonyl (C=O) groups is 5. The average Bonchev–Trinajstić information content (AvgIpc) is 4.24. The van der Waals surface area contributed by atoms with E-state index >= 15 is 4.39 Å². The molecule has 3 aliphatic heterocycles. The first-order valence-electron chi connectivity index (χ1n) is 24.0. The van der Waals surface area contributed by atoms with Gasteiger partial charge in [-0.15, -0.1) is 13.5 Å². The maximum Gasteiger partial charge on any atom is 0.501 e. The van der Waals surface area contributed by atoms with Crippen molar-refractivity contribution in [3.63, 3.8) is 0 Å². The maximum absolute atomic E-state index is 16.5. The van der Waals surface area contributed by atoms with Crippen LogP contribution in [-0.4, -0.2) is 162 Å². The van der Waals surface area contributed by atoms with Gasteiger partial charge in [0.1, 0.15) is 37.2 Å². The van der Waals surface area contributed by atoms with Crippen LogP contribution >= 0.6 is 22.6 Å². The van der Waals surface area contributed by atoms with Crippen LogP contribution in [0.15, 0.2) is 41.3 Å². The van der Waals surface area contributed by atoms with Gasteiger partial charge in [-0.05, 0) is 55.5 Å². The Labute approximate surface area is 454 Å². The second-order valence-corrected chi connectivity index (χ2v) is 20.3. The first-order valence-corrected chi connectivity index (χ1v) is 26.9. The summed E-state index contributed by atoms with van der Waals surface area (Å²) < 4.78 is 86.0. The zero-order chi connectivity index (χ0) is 56.0. The highest BCUT2D eigenvalue weighted by Crippen LogP contribution is 2.46. The van der Waals surface area contributed by atoms with Gasteiger partial charge in [-0.2, -0.15) is 0 Å². The SMILES string of the molecule is CC[C@@]1(OC(=O)CO)C(=O)OCc2c1cc1n(c2=O)Cc2c-1nc1cc(F)c(OS(=O)(=O)Oc3cc(C(=O)N(C)CCOCCn4cc(CNC(=O)CI)nn4)ccc3OC3O[C@H](C(=O)O)[C@@H](O)[C@H](O)[C@H]3O)c3c1c2CCC3.